The highest BCUT2D eigenvalue weighted by molar-refractivity contribution is 5.92. The predicted octanol–water partition coefficient (Wildman–Crippen LogP) is 5.73. The number of nitrogens with zero attached hydrogens (tertiary/aromatic N) is 2. The second-order valence-corrected chi connectivity index (χ2v) is 12.9. The first-order chi connectivity index (χ1) is 25.8. The summed E-state index contributed by atoms with van der Waals surface area (Å²) in [7, 11) is 1.20. The van der Waals surface area contributed by atoms with Crippen LogP contribution >= 0.6 is 0 Å². The maximum absolute atomic E-state index is 15.1. The molecule has 0 unspecified atom stereocenters. The molecule has 11 nitrogen and oxygen atoms in total. The monoisotopic (exact) mass is 712 g/mol. The number of fused-ring (bicyclic) bond motifs is 11. The number of nitro groups is 1. The Kier molecular flexibility index (Phi) is 11.9. The number of carbonyl (C=O) groups is 3. The Balaban J connectivity index is 1.55. The van der Waals surface area contributed by atoms with E-state index in [1.54, 1.807) is 6.07 Å². The highest BCUT2D eigenvalue weighted by Crippen LogP contribution is 2.36. The van der Waals surface area contributed by atoms with Crippen LogP contribution in [-0.2, 0) is 45.1 Å². The number of esters is 1. The maximum Gasteiger partial charge on any atom is 0.328 e. The summed E-state index contributed by atoms with van der Waals surface area (Å²) in [4.78, 5) is 56.3. The van der Waals surface area contributed by atoms with Gasteiger partial charge < -0.3 is 20.1 Å². The van der Waals surface area contributed by atoms with Gasteiger partial charge in [0.2, 0.25) is 11.8 Å². The average Bonchev–Trinajstić information content (AvgIpc) is 3.18. The van der Waals surface area contributed by atoms with Gasteiger partial charge in [-0.25, -0.2) is 4.79 Å². The lowest BCUT2D eigenvalue weighted by Crippen LogP contribution is -2.58. The summed E-state index contributed by atoms with van der Waals surface area (Å²) in [6.07, 6.45) is -1.07. The van der Waals surface area contributed by atoms with Crippen molar-refractivity contribution in [1.82, 2.24) is 15.5 Å². The molecule has 2 N–H and O–H groups in total. The van der Waals surface area contributed by atoms with Crippen LogP contribution in [0, 0.1) is 10.1 Å². The number of nitrogens with one attached hydrogen (secondary N) is 2. The zero-order valence-corrected chi connectivity index (χ0v) is 29.2. The van der Waals surface area contributed by atoms with E-state index >= 15 is 4.79 Å². The topological polar surface area (TPSA) is 140 Å². The number of nitro benzene ring substituents is 1. The molecule has 0 radical (unpaired) electrons. The molecule has 2 bridgehead atoms. The van der Waals surface area contributed by atoms with Crippen molar-refractivity contribution < 1.29 is 28.8 Å². The first-order valence-corrected chi connectivity index (χ1v) is 17.3. The van der Waals surface area contributed by atoms with Gasteiger partial charge in [0.05, 0.1) is 12.0 Å². The molecular formula is C42H40N4O7. The smallest absolute Gasteiger partial charge is 0.328 e. The Hall–Kier alpha value is -6.33. The molecule has 2 heterocycles. The summed E-state index contributed by atoms with van der Waals surface area (Å²) in [5.74, 6) is -1.96. The summed E-state index contributed by atoms with van der Waals surface area (Å²) in [5.41, 5.74) is 3.26. The van der Waals surface area contributed by atoms with Crippen molar-refractivity contribution in [1.29, 1.82) is 0 Å². The summed E-state index contributed by atoms with van der Waals surface area (Å²) >= 11 is 0. The molecule has 0 aliphatic carbocycles. The molecule has 7 rings (SSSR count). The summed E-state index contributed by atoms with van der Waals surface area (Å²) < 4.78 is 11.7. The van der Waals surface area contributed by atoms with Crippen molar-refractivity contribution in [2.75, 3.05) is 7.11 Å². The Bertz CT molecular complexity index is 1970. The molecule has 2 aliphatic heterocycles. The Morgan fingerprint density at radius 3 is 1.87 bits per heavy atom. The largest absolute Gasteiger partial charge is 0.476 e. The third-order valence-electron chi connectivity index (χ3n) is 9.17. The first-order valence-electron chi connectivity index (χ1n) is 17.3. The minimum Gasteiger partial charge on any atom is -0.476 e. The number of hydrogen-bond acceptors (Lipinski definition) is 8. The van der Waals surface area contributed by atoms with E-state index in [0.29, 0.717) is 24.2 Å². The van der Waals surface area contributed by atoms with Crippen molar-refractivity contribution in [2.24, 2.45) is 0 Å². The number of benzene rings is 5. The fourth-order valence-electron chi connectivity index (χ4n) is 6.57. The fourth-order valence-corrected chi connectivity index (χ4v) is 6.57. The lowest BCUT2D eigenvalue weighted by molar-refractivity contribution is -0.386. The fraction of sp³-hybridized carbons (Fsp3) is 0.214. The van der Waals surface area contributed by atoms with Gasteiger partial charge in [0.25, 0.3) is 0 Å². The quantitative estimate of drug-likeness (QED) is 0.106. The second kappa shape index (κ2) is 17.3. The first kappa shape index (κ1) is 36.5. The van der Waals surface area contributed by atoms with E-state index in [9.17, 15) is 19.7 Å². The van der Waals surface area contributed by atoms with Gasteiger partial charge in [-0.2, -0.15) is 0 Å². The lowest BCUT2D eigenvalue weighted by Gasteiger charge is -2.37. The van der Waals surface area contributed by atoms with Crippen molar-refractivity contribution in [2.45, 2.75) is 50.2 Å². The highest BCUT2D eigenvalue weighted by Gasteiger charge is 2.40. The number of carbonyl (C=O) groups excluding carboxylic acids is 3. The maximum atomic E-state index is 15.1. The highest BCUT2D eigenvalue weighted by atomic mass is 16.6. The van der Waals surface area contributed by atoms with Crippen molar-refractivity contribution in [3.8, 4) is 5.75 Å². The average molecular weight is 713 g/mol. The van der Waals surface area contributed by atoms with E-state index in [4.69, 9.17) is 9.47 Å². The van der Waals surface area contributed by atoms with Crippen LogP contribution in [0.2, 0.25) is 0 Å². The van der Waals surface area contributed by atoms with Gasteiger partial charge in [0.1, 0.15) is 24.2 Å². The van der Waals surface area contributed by atoms with Crippen molar-refractivity contribution in [3.05, 3.63) is 177 Å². The standard InChI is InChI=1S/C42H40N4O7/c1-52-42(49)35-25-32-22-23-37(36(26-32)46(50)51)53-39(33-20-12-5-13-21-33)38(41(48)43-34(40(47)44-35)24-29-14-6-2-7-15-29)45(27-30-16-8-3-9-17-30)28-31-18-10-4-11-19-31/h2-23,26,34-35,38-39H,24-25,27-28H2,1H3,(H,43,48)(H,44,47)/t34-,35-,38-,39+/m0/s1. The van der Waals surface area contributed by atoms with E-state index in [2.05, 4.69) is 10.6 Å². The van der Waals surface area contributed by atoms with Gasteiger partial charge in [-0.1, -0.05) is 127 Å². The van der Waals surface area contributed by atoms with Crippen LogP contribution in [0.15, 0.2) is 140 Å². The number of rotatable bonds is 10. The van der Waals surface area contributed by atoms with Gasteiger partial charge in [-0.15, -0.1) is 0 Å². The van der Waals surface area contributed by atoms with E-state index in [1.807, 2.05) is 126 Å². The summed E-state index contributed by atoms with van der Waals surface area (Å²) in [6, 6.07) is 38.6. The van der Waals surface area contributed by atoms with Gasteiger partial charge >= 0.3 is 11.7 Å². The van der Waals surface area contributed by atoms with E-state index in [1.165, 1.54) is 19.2 Å². The lowest BCUT2D eigenvalue weighted by atomic mass is 9.96. The van der Waals surface area contributed by atoms with E-state index < -0.39 is 46.9 Å². The van der Waals surface area contributed by atoms with Crippen LogP contribution in [-0.4, -0.2) is 52.8 Å². The molecule has 2 aliphatic rings. The number of amides is 2. The molecule has 5 aromatic carbocycles. The van der Waals surface area contributed by atoms with Gasteiger partial charge in [0.15, 0.2) is 5.75 Å². The Morgan fingerprint density at radius 1 is 0.774 bits per heavy atom. The normalized spacial score (nSPS) is 19.0. The van der Waals surface area contributed by atoms with Gasteiger partial charge in [0, 0.05) is 32.0 Å². The van der Waals surface area contributed by atoms with Crippen molar-refractivity contribution >= 4 is 23.5 Å². The van der Waals surface area contributed by atoms with Crippen LogP contribution < -0.4 is 15.4 Å². The molecule has 0 saturated heterocycles. The summed E-state index contributed by atoms with van der Waals surface area (Å²) in [5, 5.41) is 18.4. The SMILES string of the molecule is COC(=O)[C@@H]1Cc2ccc(c([N+](=O)[O-])c2)O[C@H](c2ccccc2)[C@H](N(Cc2ccccc2)Cc2ccccc2)C(=O)N[C@@H](Cc2ccccc2)C(=O)N1. The van der Waals surface area contributed by atoms with Gasteiger partial charge in [-0.3, -0.25) is 24.6 Å². The zero-order chi connectivity index (χ0) is 37.2. The number of methoxy groups -OCH3 is 1. The van der Waals surface area contributed by atoms with Crippen molar-refractivity contribution in [3.63, 3.8) is 0 Å². The van der Waals surface area contributed by atoms with E-state index in [0.717, 1.165) is 16.7 Å². The molecule has 270 valence electrons. The molecule has 0 spiro atoms. The molecule has 11 heteroatoms. The van der Waals surface area contributed by atoms with Gasteiger partial charge in [-0.05, 0) is 33.9 Å². The number of hydrogen-bond donors (Lipinski definition) is 2. The number of ether oxygens (including phenoxy) is 2. The second-order valence-electron chi connectivity index (χ2n) is 12.9. The predicted molar refractivity (Wildman–Crippen MR) is 199 cm³/mol. The van der Waals surface area contributed by atoms with Crippen LogP contribution in [0.25, 0.3) is 0 Å². The summed E-state index contributed by atoms with van der Waals surface area (Å²) in [6.45, 7) is 0.586. The zero-order valence-electron chi connectivity index (χ0n) is 29.2. The molecule has 0 fully saturated rings. The minimum absolute atomic E-state index is 0.0543. The van der Waals surface area contributed by atoms with Crippen LogP contribution in [0.4, 0.5) is 5.69 Å². The molecule has 5 aromatic rings. The van der Waals surface area contributed by atoms with E-state index in [-0.39, 0.29) is 24.3 Å². The molecule has 0 aromatic heterocycles. The minimum atomic E-state index is -1.20. The Labute approximate surface area is 307 Å². The van der Waals surface area contributed by atoms with Crippen LogP contribution in [0.3, 0.4) is 0 Å². The van der Waals surface area contributed by atoms with Crippen LogP contribution in [0.1, 0.15) is 33.9 Å². The molecule has 53 heavy (non-hydrogen) atoms. The molecule has 4 atom stereocenters. The molecule has 2 amide bonds. The molecule has 0 saturated carbocycles. The van der Waals surface area contributed by atoms with Crippen LogP contribution in [0.5, 0.6) is 5.75 Å². The Morgan fingerprint density at radius 2 is 1.32 bits per heavy atom. The third-order valence-corrected chi connectivity index (χ3v) is 9.17. The molecular weight excluding hydrogens is 672 g/mol. The third kappa shape index (κ3) is 9.32.